The second-order valence-electron chi connectivity index (χ2n) is 4.51. The van der Waals surface area contributed by atoms with Crippen LogP contribution in [-0.4, -0.2) is 17.1 Å². The first kappa shape index (κ1) is 19.6. The van der Waals surface area contributed by atoms with Crippen molar-refractivity contribution >= 4 is 64.5 Å². The number of aromatic nitrogens is 1. The number of hydrogen-bond acceptors (Lipinski definition) is 2. The number of aliphatic imine (C=N–C) groups is 1. The van der Waals surface area contributed by atoms with Crippen LogP contribution in [0.4, 0.5) is 0 Å². The topological polar surface area (TPSA) is 41.4 Å². The lowest BCUT2D eigenvalue weighted by Gasteiger charge is -2.11. The van der Waals surface area contributed by atoms with Crippen LogP contribution in [-0.2, 0) is 20.1 Å². The number of hydrogen-bond donors (Lipinski definition) is 2. The van der Waals surface area contributed by atoms with Gasteiger partial charge in [-0.3, -0.25) is 0 Å². The van der Waals surface area contributed by atoms with Gasteiger partial charge in [-0.25, -0.2) is 4.99 Å². The summed E-state index contributed by atoms with van der Waals surface area (Å²) in [6.07, 6.45) is 0. The summed E-state index contributed by atoms with van der Waals surface area (Å²) in [5, 5.41) is 11.8. The molecule has 0 aliphatic heterocycles. The summed E-state index contributed by atoms with van der Waals surface area (Å²) in [5.74, 6) is 0.775. The van der Waals surface area contributed by atoms with Gasteiger partial charge >= 0.3 is 0 Å². The first-order chi connectivity index (χ1) is 10.1. The number of halogens is 3. The molecule has 2 N–H and O–H groups in total. The van der Waals surface area contributed by atoms with Gasteiger partial charge in [0.25, 0.3) is 0 Å². The molecule has 2 heterocycles. The maximum absolute atomic E-state index is 6.06. The Hall–Kier alpha value is -0.440. The molecule has 0 aliphatic rings. The molecule has 22 heavy (non-hydrogen) atoms. The molecule has 2 aromatic rings. The molecule has 0 saturated heterocycles. The summed E-state index contributed by atoms with van der Waals surface area (Å²) in [6, 6.07) is 3.94. The Kier molecular flexibility index (Phi) is 8.59. The molecule has 8 heteroatoms. The molecule has 0 bridgehead atoms. The van der Waals surface area contributed by atoms with E-state index in [4.69, 9.17) is 23.2 Å². The maximum Gasteiger partial charge on any atom is 0.191 e. The number of nitrogens with one attached hydrogen (secondary N) is 2. The van der Waals surface area contributed by atoms with Crippen molar-refractivity contribution in [3.8, 4) is 0 Å². The highest BCUT2D eigenvalue weighted by Gasteiger charge is 2.09. The van der Waals surface area contributed by atoms with Crippen molar-refractivity contribution in [3.05, 3.63) is 44.3 Å². The molecule has 0 fully saturated rings. The Balaban J connectivity index is 0.00000242. The van der Waals surface area contributed by atoms with Gasteiger partial charge in [-0.1, -0.05) is 23.2 Å². The number of guanidine groups is 1. The fourth-order valence-corrected chi connectivity index (χ4v) is 2.90. The van der Waals surface area contributed by atoms with Crippen molar-refractivity contribution in [2.45, 2.75) is 20.0 Å². The summed E-state index contributed by atoms with van der Waals surface area (Å²) in [7, 11) is 1.89. The van der Waals surface area contributed by atoms with Crippen molar-refractivity contribution in [3.63, 3.8) is 0 Å². The average Bonchev–Trinajstić information content (AvgIpc) is 3.07. The summed E-state index contributed by atoms with van der Waals surface area (Å²) >= 11 is 13.8. The Bertz CT molecular complexity index is 611. The molecule has 0 radical (unpaired) electrons. The minimum absolute atomic E-state index is 0. The molecule has 0 spiro atoms. The zero-order valence-electron chi connectivity index (χ0n) is 12.4. The van der Waals surface area contributed by atoms with Crippen LogP contribution >= 0.6 is 58.5 Å². The van der Waals surface area contributed by atoms with Crippen LogP contribution in [0, 0.1) is 0 Å². The van der Waals surface area contributed by atoms with E-state index < -0.39 is 0 Å². The predicted octanol–water partition coefficient (Wildman–Crippen LogP) is 4.27. The zero-order chi connectivity index (χ0) is 15.2. The standard InChI is InChI=1S/C14H18Cl2N4S.HI/c1-3-17-14(18-7-10-4-5-21-9-10)19-8-11-6-12(15)13(16)20(11)2;/h4-6,9H,3,7-8H2,1-2H3,(H2,17,18,19);1H. The van der Waals surface area contributed by atoms with Crippen molar-refractivity contribution in [1.82, 2.24) is 15.2 Å². The minimum atomic E-state index is 0. The van der Waals surface area contributed by atoms with E-state index in [-0.39, 0.29) is 24.0 Å². The summed E-state index contributed by atoms with van der Waals surface area (Å²) < 4.78 is 1.86. The van der Waals surface area contributed by atoms with Crippen LogP contribution in [0.15, 0.2) is 27.9 Å². The van der Waals surface area contributed by atoms with Crippen molar-refractivity contribution in [1.29, 1.82) is 0 Å². The third kappa shape index (κ3) is 5.33. The molecule has 2 aromatic heterocycles. The van der Waals surface area contributed by atoms with E-state index in [1.54, 1.807) is 11.3 Å². The van der Waals surface area contributed by atoms with E-state index in [1.807, 2.05) is 24.6 Å². The first-order valence-corrected chi connectivity index (χ1v) is 8.34. The molecular weight excluding hydrogens is 454 g/mol. The fraction of sp³-hybridized carbons (Fsp3) is 0.357. The van der Waals surface area contributed by atoms with Gasteiger partial charge < -0.3 is 15.2 Å². The zero-order valence-corrected chi connectivity index (χ0v) is 17.1. The lowest BCUT2D eigenvalue weighted by molar-refractivity contribution is 0.752. The molecule has 122 valence electrons. The van der Waals surface area contributed by atoms with E-state index in [0.717, 1.165) is 18.2 Å². The van der Waals surface area contributed by atoms with E-state index in [2.05, 4.69) is 32.5 Å². The van der Waals surface area contributed by atoms with Crippen molar-refractivity contribution < 1.29 is 0 Å². The van der Waals surface area contributed by atoms with Crippen LogP contribution in [0.3, 0.4) is 0 Å². The Morgan fingerprint density at radius 1 is 1.36 bits per heavy atom. The van der Waals surface area contributed by atoms with Crippen LogP contribution in [0.5, 0.6) is 0 Å². The quantitative estimate of drug-likeness (QED) is 0.387. The van der Waals surface area contributed by atoms with Crippen LogP contribution in [0.1, 0.15) is 18.2 Å². The van der Waals surface area contributed by atoms with E-state index in [0.29, 0.717) is 23.3 Å². The lowest BCUT2D eigenvalue weighted by atomic mass is 10.3. The van der Waals surface area contributed by atoms with Crippen LogP contribution in [0.2, 0.25) is 10.2 Å². The molecule has 0 unspecified atom stereocenters. The lowest BCUT2D eigenvalue weighted by Crippen LogP contribution is -2.37. The Morgan fingerprint density at radius 2 is 2.14 bits per heavy atom. The third-order valence-corrected chi connectivity index (χ3v) is 4.57. The van der Waals surface area contributed by atoms with Gasteiger partial charge in [0.05, 0.1) is 18.1 Å². The average molecular weight is 473 g/mol. The summed E-state index contributed by atoms with van der Waals surface area (Å²) in [4.78, 5) is 4.56. The number of thiophene rings is 1. The number of nitrogens with zero attached hydrogens (tertiary/aromatic N) is 2. The molecule has 2 rings (SSSR count). The first-order valence-electron chi connectivity index (χ1n) is 6.64. The highest BCUT2D eigenvalue weighted by Crippen LogP contribution is 2.24. The van der Waals surface area contributed by atoms with E-state index in [9.17, 15) is 0 Å². The van der Waals surface area contributed by atoms with Gasteiger partial charge in [-0.15, -0.1) is 24.0 Å². The minimum Gasteiger partial charge on any atom is -0.357 e. The van der Waals surface area contributed by atoms with E-state index in [1.165, 1.54) is 5.56 Å². The van der Waals surface area contributed by atoms with Gasteiger partial charge in [0.2, 0.25) is 0 Å². The SMILES string of the molecule is CCNC(=NCc1ccsc1)NCc1cc(Cl)c(Cl)n1C.I. The molecule has 0 aliphatic carbocycles. The van der Waals surface area contributed by atoms with Crippen LogP contribution in [0.25, 0.3) is 0 Å². The predicted molar refractivity (Wildman–Crippen MR) is 107 cm³/mol. The van der Waals surface area contributed by atoms with Gasteiger partial charge in [0.15, 0.2) is 5.96 Å². The third-order valence-electron chi connectivity index (χ3n) is 3.00. The maximum atomic E-state index is 6.06. The number of rotatable bonds is 5. The molecule has 0 aromatic carbocycles. The van der Waals surface area contributed by atoms with Gasteiger partial charge in [-0.05, 0) is 35.4 Å². The highest BCUT2D eigenvalue weighted by atomic mass is 127. The van der Waals surface area contributed by atoms with Crippen molar-refractivity contribution in [2.75, 3.05) is 6.54 Å². The second-order valence-corrected chi connectivity index (χ2v) is 6.06. The molecular formula is C14H19Cl2IN4S. The van der Waals surface area contributed by atoms with Crippen LogP contribution < -0.4 is 10.6 Å². The molecule has 0 saturated carbocycles. The van der Waals surface area contributed by atoms with Gasteiger partial charge in [0.1, 0.15) is 5.15 Å². The van der Waals surface area contributed by atoms with Gasteiger partial charge in [-0.2, -0.15) is 11.3 Å². The van der Waals surface area contributed by atoms with Crippen molar-refractivity contribution in [2.24, 2.45) is 12.0 Å². The second kappa shape index (κ2) is 9.64. The normalized spacial score (nSPS) is 11.2. The largest absolute Gasteiger partial charge is 0.357 e. The monoisotopic (exact) mass is 472 g/mol. The van der Waals surface area contributed by atoms with E-state index >= 15 is 0 Å². The molecule has 0 atom stereocenters. The Labute approximate surface area is 161 Å². The smallest absolute Gasteiger partial charge is 0.191 e. The summed E-state index contributed by atoms with van der Waals surface area (Å²) in [5.41, 5.74) is 2.22. The molecule has 4 nitrogen and oxygen atoms in total. The Morgan fingerprint density at radius 3 is 2.68 bits per heavy atom. The molecule has 0 amide bonds. The highest BCUT2D eigenvalue weighted by molar-refractivity contribution is 14.0. The summed E-state index contributed by atoms with van der Waals surface area (Å²) in [6.45, 7) is 4.12. The van der Waals surface area contributed by atoms with Gasteiger partial charge in [0, 0.05) is 19.3 Å². The fourth-order valence-electron chi connectivity index (χ4n) is 1.83.